The number of hydrogen-bond donors (Lipinski definition) is 0. The fourth-order valence-corrected chi connectivity index (χ4v) is 5.07. The lowest BCUT2D eigenvalue weighted by molar-refractivity contribution is -0.588. The maximum Gasteiger partial charge on any atom is 0.437 e. The van der Waals surface area contributed by atoms with E-state index in [9.17, 15) is 0 Å². The molecule has 1 saturated heterocycles. The Morgan fingerprint density at radius 2 is 1.34 bits per heavy atom. The highest BCUT2D eigenvalue weighted by Gasteiger charge is 2.36. The molecule has 0 amide bonds. The zero-order chi connectivity index (χ0) is 28.0. The number of aromatic nitrogens is 2. The van der Waals surface area contributed by atoms with E-state index >= 15 is 0 Å². The van der Waals surface area contributed by atoms with Gasteiger partial charge < -0.3 is 19.1 Å². The van der Waals surface area contributed by atoms with Crippen LogP contribution >= 0.6 is 0 Å². The van der Waals surface area contributed by atoms with Gasteiger partial charge in [-0.2, -0.15) is 9.13 Å². The Balaban J connectivity index is 1.54. The van der Waals surface area contributed by atoms with Crippen molar-refractivity contribution in [3.63, 3.8) is 0 Å². The monoisotopic (exact) mass is 546 g/mol. The first-order chi connectivity index (χ1) is 20.3. The van der Waals surface area contributed by atoms with Gasteiger partial charge in [0.15, 0.2) is 0 Å². The van der Waals surface area contributed by atoms with E-state index in [-0.39, 0.29) is 0 Å². The lowest BCUT2D eigenvalue weighted by Crippen LogP contribution is -2.31. The molecule has 8 heteroatoms. The van der Waals surface area contributed by atoms with E-state index in [0.717, 1.165) is 30.2 Å². The summed E-state index contributed by atoms with van der Waals surface area (Å²) < 4.78 is 22.0. The molecule has 0 atom stereocenters. The van der Waals surface area contributed by atoms with Crippen molar-refractivity contribution in [2.24, 2.45) is 10.2 Å². The Morgan fingerprint density at radius 1 is 0.683 bits per heavy atom. The molecule has 6 rings (SSSR count). The molecule has 8 nitrogen and oxygen atoms in total. The average molecular weight is 547 g/mol. The SMILES string of the molecule is COc1cc(N2CCCC2)ccc1N=Nc1n(-c2ccccc2)c(Oc2ccccc2)c(OC)[n+]1-c1ccccc1. The highest BCUT2D eigenvalue weighted by molar-refractivity contribution is 5.62. The summed E-state index contributed by atoms with van der Waals surface area (Å²) in [4.78, 5) is 2.37. The molecule has 0 saturated carbocycles. The van der Waals surface area contributed by atoms with E-state index in [1.165, 1.54) is 12.8 Å². The van der Waals surface area contributed by atoms with Crippen LogP contribution < -0.4 is 23.7 Å². The molecule has 0 aliphatic carbocycles. The summed E-state index contributed by atoms with van der Waals surface area (Å²) in [5.41, 5.74) is 3.45. The van der Waals surface area contributed by atoms with Crippen LogP contribution in [0.5, 0.6) is 23.3 Å². The molecule has 0 radical (unpaired) electrons. The molecule has 2 heterocycles. The molecule has 41 heavy (non-hydrogen) atoms. The Hall–Kier alpha value is -5.11. The minimum absolute atomic E-state index is 0.471. The van der Waals surface area contributed by atoms with Crippen molar-refractivity contribution in [3.05, 3.63) is 109 Å². The van der Waals surface area contributed by atoms with Gasteiger partial charge in [-0.05, 0) is 61.4 Å². The molecule has 1 aromatic heterocycles. The molecule has 0 spiro atoms. The van der Waals surface area contributed by atoms with E-state index in [2.05, 4.69) is 11.0 Å². The third-order valence-corrected chi connectivity index (χ3v) is 7.05. The summed E-state index contributed by atoms with van der Waals surface area (Å²) in [7, 11) is 3.29. The van der Waals surface area contributed by atoms with Crippen molar-refractivity contribution in [2.75, 3.05) is 32.2 Å². The number of methoxy groups -OCH3 is 2. The van der Waals surface area contributed by atoms with Gasteiger partial charge in [0.25, 0.3) is 0 Å². The van der Waals surface area contributed by atoms with E-state index in [0.29, 0.717) is 34.9 Å². The van der Waals surface area contributed by atoms with Crippen LogP contribution in [0.25, 0.3) is 11.4 Å². The van der Waals surface area contributed by atoms with Gasteiger partial charge in [-0.15, -0.1) is 0 Å². The maximum atomic E-state index is 6.48. The zero-order valence-electron chi connectivity index (χ0n) is 23.2. The number of benzene rings is 4. The van der Waals surface area contributed by atoms with Gasteiger partial charge in [0.2, 0.25) is 0 Å². The van der Waals surface area contributed by atoms with Gasteiger partial charge in [-0.3, -0.25) is 0 Å². The third-order valence-electron chi connectivity index (χ3n) is 7.05. The summed E-state index contributed by atoms with van der Waals surface area (Å²) >= 11 is 0. The summed E-state index contributed by atoms with van der Waals surface area (Å²) in [6, 6.07) is 35.5. The van der Waals surface area contributed by atoms with E-state index < -0.39 is 0 Å². The van der Waals surface area contributed by atoms with Gasteiger partial charge in [0, 0.05) is 30.0 Å². The fourth-order valence-electron chi connectivity index (χ4n) is 5.07. The molecule has 0 N–H and O–H groups in total. The summed E-state index contributed by atoms with van der Waals surface area (Å²) in [5, 5.41) is 9.54. The van der Waals surface area contributed by atoms with E-state index in [4.69, 9.17) is 24.4 Å². The van der Waals surface area contributed by atoms with Crippen molar-refractivity contribution < 1.29 is 18.8 Å². The highest BCUT2D eigenvalue weighted by Crippen LogP contribution is 2.40. The molecule has 1 fully saturated rings. The number of hydrogen-bond acceptors (Lipinski definition) is 6. The van der Waals surface area contributed by atoms with Gasteiger partial charge in [-0.25, -0.2) is 0 Å². The second-order valence-corrected chi connectivity index (χ2v) is 9.62. The standard InChI is InChI=1S/C33H32N5O3/c1-39-30-24-27(36-22-12-13-23-36)20-21-29(30)34-35-33-37(25-14-6-3-7-15-25)31(40-2)32(41-28-18-10-5-11-19-28)38(33)26-16-8-4-9-17-26/h3-11,14-21,24H,12-13,22-23H2,1-2H3/q+1. The fraction of sp³-hybridized carbons (Fsp3) is 0.182. The van der Waals surface area contributed by atoms with Crippen molar-refractivity contribution >= 4 is 17.3 Å². The van der Waals surface area contributed by atoms with Crippen LogP contribution in [-0.4, -0.2) is 31.9 Å². The third kappa shape index (κ3) is 5.36. The van der Waals surface area contributed by atoms with Crippen LogP contribution in [0.3, 0.4) is 0 Å². The van der Waals surface area contributed by atoms with Crippen LogP contribution in [0.15, 0.2) is 119 Å². The van der Waals surface area contributed by atoms with Gasteiger partial charge in [-0.1, -0.05) is 59.7 Å². The maximum absolute atomic E-state index is 6.48. The van der Waals surface area contributed by atoms with Crippen LogP contribution in [-0.2, 0) is 0 Å². The molecule has 1 aliphatic heterocycles. The normalized spacial score (nSPS) is 13.1. The number of azo groups is 1. The molecular weight excluding hydrogens is 514 g/mol. The minimum atomic E-state index is 0.471. The van der Waals surface area contributed by atoms with E-state index in [1.807, 2.05) is 112 Å². The Labute approximate surface area is 239 Å². The predicted octanol–water partition coefficient (Wildman–Crippen LogP) is 7.58. The van der Waals surface area contributed by atoms with Crippen molar-refractivity contribution in [2.45, 2.75) is 12.8 Å². The second-order valence-electron chi connectivity index (χ2n) is 9.62. The van der Waals surface area contributed by atoms with Gasteiger partial charge in [0.1, 0.15) is 28.6 Å². The first kappa shape index (κ1) is 26.1. The summed E-state index contributed by atoms with van der Waals surface area (Å²) in [6.07, 6.45) is 2.41. The number of rotatable bonds is 9. The van der Waals surface area contributed by atoms with Crippen molar-refractivity contribution in [1.29, 1.82) is 0 Å². The Kier molecular flexibility index (Phi) is 7.62. The number of anilines is 1. The van der Waals surface area contributed by atoms with Crippen molar-refractivity contribution in [1.82, 2.24) is 4.57 Å². The molecule has 0 unspecified atom stereocenters. The van der Waals surface area contributed by atoms with E-state index in [1.54, 1.807) is 14.2 Å². The second kappa shape index (κ2) is 12.0. The lowest BCUT2D eigenvalue weighted by atomic mass is 10.2. The van der Waals surface area contributed by atoms with Crippen LogP contribution in [0.4, 0.5) is 17.3 Å². The number of para-hydroxylation sites is 3. The highest BCUT2D eigenvalue weighted by atomic mass is 16.5. The average Bonchev–Trinajstić information content (AvgIpc) is 3.68. The minimum Gasteiger partial charge on any atom is -0.494 e. The first-order valence-electron chi connectivity index (χ1n) is 13.7. The van der Waals surface area contributed by atoms with Crippen LogP contribution in [0, 0.1) is 0 Å². The molecule has 0 bridgehead atoms. The van der Waals surface area contributed by atoms with Gasteiger partial charge >= 0.3 is 17.7 Å². The Bertz CT molecular complexity index is 1630. The smallest absolute Gasteiger partial charge is 0.437 e. The number of nitrogens with zero attached hydrogens (tertiary/aromatic N) is 5. The summed E-state index contributed by atoms with van der Waals surface area (Å²) in [5.74, 6) is 2.78. The predicted molar refractivity (Wildman–Crippen MR) is 159 cm³/mol. The van der Waals surface area contributed by atoms with Crippen molar-refractivity contribution in [3.8, 4) is 34.6 Å². The molecular formula is C33H32N5O3+. The zero-order valence-corrected chi connectivity index (χ0v) is 23.2. The lowest BCUT2D eigenvalue weighted by Gasteiger charge is -2.18. The number of imidazole rings is 1. The molecule has 4 aromatic carbocycles. The van der Waals surface area contributed by atoms with Crippen LogP contribution in [0.1, 0.15) is 12.8 Å². The quantitative estimate of drug-likeness (QED) is 0.141. The number of ether oxygens (including phenoxy) is 3. The topological polar surface area (TPSA) is 64.5 Å². The Morgan fingerprint density at radius 3 is 2.00 bits per heavy atom. The van der Waals surface area contributed by atoms with Gasteiger partial charge in [0.05, 0.1) is 14.2 Å². The molecule has 1 aliphatic rings. The molecule has 206 valence electrons. The largest absolute Gasteiger partial charge is 0.494 e. The van der Waals surface area contributed by atoms with Crippen LogP contribution in [0.2, 0.25) is 0 Å². The molecule has 5 aromatic rings. The summed E-state index contributed by atoms with van der Waals surface area (Å²) in [6.45, 7) is 2.10. The first-order valence-corrected chi connectivity index (χ1v) is 13.7.